The summed E-state index contributed by atoms with van der Waals surface area (Å²) in [5, 5.41) is 8.76. The van der Waals surface area contributed by atoms with E-state index >= 15 is 0 Å². The van der Waals surface area contributed by atoms with Gasteiger partial charge in [0.1, 0.15) is 0 Å². The molecule has 1 aliphatic carbocycles. The van der Waals surface area contributed by atoms with Crippen LogP contribution in [0.4, 0.5) is 0 Å². The molecule has 1 saturated carbocycles. The van der Waals surface area contributed by atoms with Gasteiger partial charge in [-0.3, -0.25) is 9.59 Å². The third kappa shape index (κ3) is 4.54. The van der Waals surface area contributed by atoms with Gasteiger partial charge in [0.25, 0.3) is 10.0 Å². The molecule has 0 aromatic heterocycles. The van der Waals surface area contributed by atoms with E-state index in [9.17, 15) is 18.0 Å². The Bertz CT molecular complexity index is 681. The van der Waals surface area contributed by atoms with Crippen LogP contribution in [-0.4, -0.2) is 25.4 Å². The van der Waals surface area contributed by atoms with Crippen LogP contribution in [0.15, 0.2) is 29.2 Å². The highest BCUT2D eigenvalue weighted by molar-refractivity contribution is 7.90. The molecule has 126 valence electrons. The fourth-order valence-electron chi connectivity index (χ4n) is 3.02. The van der Waals surface area contributed by atoms with Crippen molar-refractivity contribution in [3.63, 3.8) is 0 Å². The molecule has 2 atom stereocenters. The Morgan fingerprint density at radius 3 is 2.48 bits per heavy atom. The molecular weight excluding hydrogens is 318 g/mol. The van der Waals surface area contributed by atoms with Gasteiger partial charge in [-0.05, 0) is 44.2 Å². The number of carbonyl (C=O) groups is 2. The molecule has 0 saturated heterocycles. The van der Waals surface area contributed by atoms with Crippen molar-refractivity contribution in [2.75, 3.05) is 0 Å². The standard InChI is InChI=1S/C16H21NO5S/c1-11-5-8-13(9-6-11)23(21,22)17-16(20)14-4-2-3-12(14)7-10-15(18)19/h5-6,8-9,12,14H,2-4,7,10H2,1H3,(H,17,20)(H,18,19). The maximum Gasteiger partial charge on any atom is 0.303 e. The molecule has 1 aromatic rings. The van der Waals surface area contributed by atoms with Crippen LogP contribution in [0.1, 0.15) is 37.7 Å². The van der Waals surface area contributed by atoms with Crippen molar-refractivity contribution in [1.82, 2.24) is 4.72 Å². The first-order valence-corrected chi connectivity index (χ1v) is 9.13. The molecule has 23 heavy (non-hydrogen) atoms. The summed E-state index contributed by atoms with van der Waals surface area (Å²) in [6.45, 7) is 1.85. The minimum atomic E-state index is -3.88. The van der Waals surface area contributed by atoms with E-state index in [0.29, 0.717) is 12.8 Å². The zero-order chi connectivity index (χ0) is 17.0. The van der Waals surface area contributed by atoms with Gasteiger partial charge in [0.05, 0.1) is 4.90 Å². The third-order valence-corrected chi connectivity index (χ3v) is 5.65. The number of hydrogen-bond acceptors (Lipinski definition) is 4. The van der Waals surface area contributed by atoms with Crippen LogP contribution in [0.5, 0.6) is 0 Å². The van der Waals surface area contributed by atoms with Crippen LogP contribution < -0.4 is 4.72 Å². The number of carboxylic acids is 1. The van der Waals surface area contributed by atoms with Crippen molar-refractivity contribution in [2.24, 2.45) is 11.8 Å². The number of aryl methyl sites for hydroxylation is 1. The maximum atomic E-state index is 12.3. The molecule has 1 aliphatic rings. The van der Waals surface area contributed by atoms with E-state index in [4.69, 9.17) is 5.11 Å². The predicted molar refractivity (Wildman–Crippen MR) is 84.2 cm³/mol. The first kappa shape index (κ1) is 17.5. The second kappa shape index (κ2) is 7.12. The van der Waals surface area contributed by atoms with E-state index in [1.54, 1.807) is 12.1 Å². The fraction of sp³-hybridized carbons (Fsp3) is 0.500. The zero-order valence-corrected chi connectivity index (χ0v) is 13.8. The lowest BCUT2D eigenvalue weighted by molar-refractivity contribution is -0.137. The number of hydrogen-bond donors (Lipinski definition) is 2. The lowest BCUT2D eigenvalue weighted by Gasteiger charge is -2.18. The monoisotopic (exact) mass is 339 g/mol. The Hall–Kier alpha value is -1.89. The minimum absolute atomic E-state index is 0.000835. The number of amides is 1. The van der Waals surface area contributed by atoms with Crippen molar-refractivity contribution in [2.45, 2.75) is 43.9 Å². The molecule has 6 nitrogen and oxygen atoms in total. The quantitative estimate of drug-likeness (QED) is 0.826. The fourth-order valence-corrected chi connectivity index (χ4v) is 4.05. The van der Waals surface area contributed by atoms with Gasteiger partial charge in [-0.2, -0.15) is 0 Å². The van der Waals surface area contributed by atoms with Crippen molar-refractivity contribution >= 4 is 21.9 Å². The average molecular weight is 339 g/mol. The van der Waals surface area contributed by atoms with Gasteiger partial charge in [0.15, 0.2) is 0 Å². The highest BCUT2D eigenvalue weighted by Gasteiger charge is 2.35. The molecule has 0 heterocycles. The van der Waals surface area contributed by atoms with Crippen molar-refractivity contribution in [3.05, 3.63) is 29.8 Å². The molecule has 2 unspecified atom stereocenters. The summed E-state index contributed by atoms with van der Waals surface area (Å²) in [5.74, 6) is -1.93. The number of sulfonamides is 1. The predicted octanol–water partition coefficient (Wildman–Crippen LogP) is 2.08. The lowest BCUT2D eigenvalue weighted by atomic mass is 9.91. The Balaban J connectivity index is 2.05. The van der Waals surface area contributed by atoms with E-state index in [-0.39, 0.29) is 17.2 Å². The van der Waals surface area contributed by atoms with Gasteiger partial charge in [-0.1, -0.05) is 24.1 Å². The lowest BCUT2D eigenvalue weighted by Crippen LogP contribution is -2.37. The number of carbonyl (C=O) groups excluding carboxylic acids is 1. The molecule has 0 aliphatic heterocycles. The van der Waals surface area contributed by atoms with Crippen molar-refractivity contribution < 1.29 is 23.1 Å². The summed E-state index contributed by atoms with van der Waals surface area (Å²) in [5.41, 5.74) is 0.930. The Kier molecular flexibility index (Phi) is 5.41. The summed E-state index contributed by atoms with van der Waals surface area (Å²) in [6, 6.07) is 6.26. The second-order valence-corrected chi connectivity index (χ2v) is 7.70. The molecule has 0 bridgehead atoms. The van der Waals surface area contributed by atoms with Gasteiger partial charge in [-0.25, -0.2) is 13.1 Å². The van der Waals surface area contributed by atoms with Crippen LogP contribution in [0.25, 0.3) is 0 Å². The van der Waals surface area contributed by atoms with Gasteiger partial charge < -0.3 is 5.11 Å². The Morgan fingerprint density at radius 1 is 1.22 bits per heavy atom. The summed E-state index contributed by atoms with van der Waals surface area (Å²) in [7, 11) is -3.88. The van der Waals surface area contributed by atoms with Gasteiger partial charge >= 0.3 is 5.97 Å². The summed E-state index contributed by atoms with van der Waals surface area (Å²) < 4.78 is 26.7. The molecule has 2 N–H and O–H groups in total. The van der Waals surface area contributed by atoms with Gasteiger partial charge in [-0.15, -0.1) is 0 Å². The number of carboxylic acid groups (broad SMARTS) is 1. The largest absolute Gasteiger partial charge is 0.481 e. The number of rotatable bonds is 6. The second-order valence-electron chi connectivity index (χ2n) is 6.01. The zero-order valence-electron chi connectivity index (χ0n) is 13.0. The molecule has 0 spiro atoms. The molecule has 1 amide bonds. The minimum Gasteiger partial charge on any atom is -0.481 e. The van der Waals surface area contributed by atoms with Crippen molar-refractivity contribution in [1.29, 1.82) is 0 Å². The Morgan fingerprint density at radius 2 is 1.87 bits per heavy atom. The van der Waals surface area contributed by atoms with Crippen LogP contribution in [0.2, 0.25) is 0 Å². The normalized spacial score (nSPS) is 21.1. The van der Waals surface area contributed by atoms with Crippen LogP contribution in [-0.2, 0) is 19.6 Å². The topological polar surface area (TPSA) is 101 Å². The number of aliphatic carboxylic acids is 1. The maximum absolute atomic E-state index is 12.3. The highest BCUT2D eigenvalue weighted by Crippen LogP contribution is 2.35. The molecule has 2 rings (SSSR count). The first-order valence-electron chi connectivity index (χ1n) is 7.65. The average Bonchev–Trinajstić information content (AvgIpc) is 2.93. The van der Waals surface area contributed by atoms with E-state index in [2.05, 4.69) is 4.72 Å². The van der Waals surface area contributed by atoms with E-state index < -0.39 is 27.8 Å². The first-order chi connectivity index (χ1) is 10.8. The van der Waals surface area contributed by atoms with Crippen LogP contribution in [0, 0.1) is 18.8 Å². The van der Waals surface area contributed by atoms with E-state index in [1.165, 1.54) is 12.1 Å². The number of nitrogens with one attached hydrogen (secondary N) is 1. The molecule has 7 heteroatoms. The third-order valence-electron chi connectivity index (χ3n) is 4.29. The summed E-state index contributed by atoms with van der Waals surface area (Å²) in [4.78, 5) is 23.0. The molecule has 1 aromatic carbocycles. The summed E-state index contributed by atoms with van der Waals surface area (Å²) >= 11 is 0. The van der Waals surface area contributed by atoms with E-state index in [1.807, 2.05) is 6.92 Å². The SMILES string of the molecule is Cc1ccc(S(=O)(=O)NC(=O)C2CCCC2CCC(=O)O)cc1. The summed E-state index contributed by atoms with van der Waals surface area (Å²) in [6.07, 6.45) is 2.57. The van der Waals surface area contributed by atoms with Crippen molar-refractivity contribution in [3.8, 4) is 0 Å². The molecule has 0 radical (unpaired) electrons. The molecule has 1 fully saturated rings. The smallest absolute Gasteiger partial charge is 0.303 e. The Labute approximate surface area is 136 Å². The highest BCUT2D eigenvalue weighted by atomic mass is 32.2. The van der Waals surface area contributed by atoms with Gasteiger partial charge in [0.2, 0.25) is 5.91 Å². The van der Waals surface area contributed by atoms with E-state index in [0.717, 1.165) is 18.4 Å². The van der Waals surface area contributed by atoms with Gasteiger partial charge in [0, 0.05) is 12.3 Å². The molecular formula is C16H21NO5S. The van der Waals surface area contributed by atoms with Crippen LogP contribution in [0.3, 0.4) is 0 Å². The number of benzene rings is 1. The van der Waals surface area contributed by atoms with Crippen LogP contribution >= 0.6 is 0 Å².